The molecule has 0 bridgehead atoms. The van der Waals surface area contributed by atoms with Gasteiger partial charge in [-0.25, -0.2) is 4.68 Å². The van der Waals surface area contributed by atoms with Gasteiger partial charge >= 0.3 is 0 Å². The van der Waals surface area contributed by atoms with Gasteiger partial charge in [-0.2, -0.15) is 5.10 Å². The smallest absolute Gasteiger partial charge is 0.276 e. The van der Waals surface area contributed by atoms with E-state index in [1.165, 1.54) is 12.1 Å². The molecule has 3 aromatic rings. The van der Waals surface area contributed by atoms with Gasteiger partial charge < -0.3 is 20.1 Å². The second kappa shape index (κ2) is 8.48. The fourth-order valence-corrected chi connectivity index (χ4v) is 2.84. The van der Waals surface area contributed by atoms with Crippen LogP contribution < -0.4 is 25.7 Å². The minimum atomic E-state index is -0.482. The summed E-state index contributed by atoms with van der Waals surface area (Å²) in [5.41, 5.74) is 0.971. The molecule has 0 atom stereocenters. The quantitative estimate of drug-likeness (QED) is 0.642. The van der Waals surface area contributed by atoms with E-state index in [0.29, 0.717) is 17.2 Å². The zero-order valence-corrected chi connectivity index (χ0v) is 15.8. The highest BCUT2D eigenvalue weighted by molar-refractivity contribution is 6.02. The monoisotopic (exact) mass is 406 g/mol. The van der Waals surface area contributed by atoms with E-state index in [-0.39, 0.29) is 25.6 Å². The first kappa shape index (κ1) is 19.2. The molecule has 0 radical (unpaired) electrons. The molecule has 1 aliphatic heterocycles. The lowest BCUT2D eigenvalue weighted by atomic mass is 10.2. The molecule has 1 aliphatic rings. The largest absolute Gasteiger partial charge is 0.454 e. The van der Waals surface area contributed by atoms with Crippen molar-refractivity contribution in [1.29, 1.82) is 0 Å². The number of aromatic nitrogens is 2. The van der Waals surface area contributed by atoms with Gasteiger partial charge in [-0.15, -0.1) is 0 Å². The molecule has 9 heteroatoms. The molecule has 2 aromatic carbocycles. The van der Waals surface area contributed by atoms with Crippen molar-refractivity contribution in [3.8, 4) is 11.5 Å². The normalized spacial score (nSPS) is 11.7. The third-order valence-corrected chi connectivity index (χ3v) is 4.35. The van der Waals surface area contributed by atoms with Gasteiger partial charge in [-0.3, -0.25) is 14.4 Å². The zero-order chi connectivity index (χ0) is 20.9. The van der Waals surface area contributed by atoms with E-state index in [9.17, 15) is 14.4 Å². The summed E-state index contributed by atoms with van der Waals surface area (Å²) in [5, 5.41) is 9.41. The highest BCUT2D eigenvalue weighted by Crippen LogP contribution is 2.32. The predicted octanol–water partition coefficient (Wildman–Crippen LogP) is 1.54. The first-order valence-corrected chi connectivity index (χ1v) is 9.18. The van der Waals surface area contributed by atoms with Crippen molar-refractivity contribution in [1.82, 2.24) is 15.1 Å². The number of para-hydroxylation sites is 1. The number of hydrogen-bond acceptors (Lipinski definition) is 6. The average molecular weight is 406 g/mol. The summed E-state index contributed by atoms with van der Waals surface area (Å²) < 4.78 is 11.5. The van der Waals surface area contributed by atoms with Crippen LogP contribution in [0, 0.1) is 0 Å². The van der Waals surface area contributed by atoms with Crippen molar-refractivity contribution in [2.45, 2.75) is 13.1 Å². The Kier molecular flexibility index (Phi) is 5.42. The molecule has 30 heavy (non-hydrogen) atoms. The van der Waals surface area contributed by atoms with Crippen LogP contribution in [0.2, 0.25) is 0 Å². The van der Waals surface area contributed by atoms with E-state index in [1.807, 2.05) is 12.1 Å². The molecule has 2 amide bonds. The summed E-state index contributed by atoms with van der Waals surface area (Å²) in [5.74, 6) is 0.391. The van der Waals surface area contributed by atoms with Crippen molar-refractivity contribution in [3.63, 3.8) is 0 Å². The lowest BCUT2D eigenvalue weighted by Crippen LogP contribution is -2.34. The standard InChI is InChI=1S/C21H18N4O5/c26-19(22-11-14-6-8-17-18(10-14)30-13-29-17)12-25-20(27)9-7-16(24-25)21(28)23-15-4-2-1-3-5-15/h1-10H,11-13H2,(H,22,26)(H,23,28). The molecule has 0 saturated heterocycles. The van der Waals surface area contributed by atoms with E-state index in [1.54, 1.807) is 36.4 Å². The second-order valence-electron chi connectivity index (χ2n) is 6.50. The fraction of sp³-hybridized carbons (Fsp3) is 0.143. The van der Waals surface area contributed by atoms with Crippen molar-refractivity contribution in [2.24, 2.45) is 0 Å². The lowest BCUT2D eigenvalue weighted by molar-refractivity contribution is -0.122. The molecular weight excluding hydrogens is 388 g/mol. The SMILES string of the molecule is O=C(Cn1nc(C(=O)Nc2ccccc2)ccc1=O)NCc1ccc2c(c1)OCO2. The maximum absolute atomic E-state index is 12.4. The average Bonchev–Trinajstić information content (AvgIpc) is 3.22. The second-order valence-corrected chi connectivity index (χ2v) is 6.50. The molecular formula is C21H18N4O5. The molecule has 2 heterocycles. The third kappa shape index (κ3) is 4.46. The van der Waals surface area contributed by atoms with Crippen LogP contribution >= 0.6 is 0 Å². The van der Waals surface area contributed by atoms with Crippen LogP contribution in [-0.4, -0.2) is 28.4 Å². The van der Waals surface area contributed by atoms with Crippen LogP contribution in [0.5, 0.6) is 11.5 Å². The Hall–Kier alpha value is -4.14. The summed E-state index contributed by atoms with van der Waals surface area (Å²) in [6.07, 6.45) is 0. The summed E-state index contributed by atoms with van der Waals surface area (Å²) in [7, 11) is 0. The van der Waals surface area contributed by atoms with Gasteiger partial charge in [-0.1, -0.05) is 24.3 Å². The molecule has 152 valence electrons. The number of fused-ring (bicyclic) bond motifs is 1. The third-order valence-electron chi connectivity index (χ3n) is 4.35. The van der Waals surface area contributed by atoms with Crippen LogP contribution in [0.4, 0.5) is 5.69 Å². The number of anilines is 1. The van der Waals surface area contributed by atoms with Crippen LogP contribution in [0.1, 0.15) is 16.1 Å². The number of benzene rings is 2. The van der Waals surface area contributed by atoms with Crippen LogP contribution in [0.3, 0.4) is 0 Å². The highest BCUT2D eigenvalue weighted by Gasteiger charge is 2.14. The van der Waals surface area contributed by atoms with E-state index >= 15 is 0 Å². The van der Waals surface area contributed by atoms with Gasteiger partial charge in [0.15, 0.2) is 11.5 Å². The molecule has 9 nitrogen and oxygen atoms in total. The summed E-state index contributed by atoms with van der Waals surface area (Å²) in [6, 6.07) is 16.8. The van der Waals surface area contributed by atoms with Gasteiger partial charge in [0.1, 0.15) is 12.2 Å². The molecule has 2 N–H and O–H groups in total. The predicted molar refractivity (Wildman–Crippen MR) is 107 cm³/mol. The first-order chi connectivity index (χ1) is 14.6. The van der Waals surface area contributed by atoms with Crippen LogP contribution in [0.15, 0.2) is 65.5 Å². The molecule has 0 saturated carbocycles. The Morgan fingerprint density at radius 2 is 1.80 bits per heavy atom. The van der Waals surface area contributed by atoms with Crippen molar-refractivity contribution in [3.05, 3.63) is 82.3 Å². The van der Waals surface area contributed by atoms with Gasteiger partial charge in [-0.05, 0) is 35.9 Å². The van der Waals surface area contributed by atoms with E-state index in [0.717, 1.165) is 10.2 Å². The Bertz CT molecular complexity index is 1140. The Morgan fingerprint density at radius 3 is 2.63 bits per heavy atom. The van der Waals surface area contributed by atoms with Gasteiger partial charge in [0.2, 0.25) is 12.7 Å². The van der Waals surface area contributed by atoms with E-state index < -0.39 is 17.4 Å². The van der Waals surface area contributed by atoms with E-state index in [2.05, 4.69) is 15.7 Å². The number of nitrogens with one attached hydrogen (secondary N) is 2. The Morgan fingerprint density at radius 1 is 1.00 bits per heavy atom. The molecule has 1 aromatic heterocycles. The molecule has 0 spiro atoms. The van der Waals surface area contributed by atoms with Crippen LogP contribution in [0.25, 0.3) is 0 Å². The number of ether oxygens (including phenoxy) is 2. The molecule has 0 aliphatic carbocycles. The minimum absolute atomic E-state index is 0.0297. The fourth-order valence-electron chi connectivity index (χ4n) is 2.84. The molecule has 0 fully saturated rings. The summed E-state index contributed by atoms with van der Waals surface area (Å²) in [6.45, 7) is 0.113. The first-order valence-electron chi connectivity index (χ1n) is 9.18. The van der Waals surface area contributed by atoms with Gasteiger partial charge in [0.25, 0.3) is 11.5 Å². The molecule has 4 rings (SSSR count). The number of rotatable bonds is 6. The van der Waals surface area contributed by atoms with Gasteiger partial charge in [0, 0.05) is 18.3 Å². The summed E-state index contributed by atoms with van der Waals surface area (Å²) in [4.78, 5) is 36.7. The topological polar surface area (TPSA) is 112 Å². The van der Waals surface area contributed by atoms with Crippen LogP contribution in [-0.2, 0) is 17.9 Å². The maximum atomic E-state index is 12.4. The van der Waals surface area contributed by atoms with Crippen molar-refractivity contribution in [2.75, 3.05) is 12.1 Å². The number of nitrogens with zero attached hydrogens (tertiary/aromatic N) is 2. The van der Waals surface area contributed by atoms with Gasteiger partial charge in [0.05, 0.1) is 0 Å². The number of amides is 2. The Labute approximate surface area is 171 Å². The van der Waals surface area contributed by atoms with Crippen molar-refractivity contribution >= 4 is 17.5 Å². The highest BCUT2D eigenvalue weighted by atomic mass is 16.7. The zero-order valence-electron chi connectivity index (χ0n) is 15.8. The number of hydrogen-bond donors (Lipinski definition) is 2. The maximum Gasteiger partial charge on any atom is 0.276 e. The number of carbonyl (C=O) groups is 2. The number of carbonyl (C=O) groups excluding carboxylic acids is 2. The van der Waals surface area contributed by atoms with E-state index in [4.69, 9.17) is 9.47 Å². The lowest BCUT2D eigenvalue weighted by Gasteiger charge is -2.09. The Balaban J connectivity index is 1.38. The molecule has 0 unspecified atom stereocenters. The summed E-state index contributed by atoms with van der Waals surface area (Å²) >= 11 is 0. The van der Waals surface area contributed by atoms with Crippen molar-refractivity contribution < 1.29 is 19.1 Å². The minimum Gasteiger partial charge on any atom is -0.454 e.